The number of nitrogens with one attached hydrogen (secondary N) is 1. The molecule has 11 heteroatoms. The first kappa shape index (κ1) is 17.6. The number of rotatable bonds is 2. The predicted molar refractivity (Wildman–Crippen MR) is 89.4 cm³/mol. The maximum atomic E-state index is 5.82. The monoisotopic (exact) mass is 389 g/mol. The maximum absolute atomic E-state index is 5.82. The molecule has 23 heavy (non-hydrogen) atoms. The molecule has 1 N–H and O–H groups in total. The summed E-state index contributed by atoms with van der Waals surface area (Å²) in [6.45, 7) is 0. The van der Waals surface area contributed by atoms with Crippen LogP contribution in [0.15, 0.2) is 36.9 Å². The van der Waals surface area contributed by atoms with Gasteiger partial charge in [0, 0.05) is 10.7 Å². The van der Waals surface area contributed by atoms with Gasteiger partial charge in [0.05, 0.1) is 0 Å². The minimum Gasteiger partial charge on any atom is -0.324 e. The maximum Gasteiger partial charge on any atom is 0.231 e. The van der Waals surface area contributed by atoms with Crippen molar-refractivity contribution < 1.29 is 0 Å². The van der Waals surface area contributed by atoms with Gasteiger partial charge in [0.2, 0.25) is 21.8 Å². The summed E-state index contributed by atoms with van der Waals surface area (Å²) in [4.78, 5) is 21.9. The molecule has 0 unspecified atom stereocenters. The van der Waals surface area contributed by atoms with E-state index in [1.807, 2.05) is 12.1 Å². The minimum absolute atomic E-state index is 0.116. The lowest BCUT2D eigenvalue weighted by Crippen LogP contribution is -1.97. The molecule has 118 valence electrons. The Labute approximate surface area is 151 Å². The molecule has 0 fully saturated rings. The molecule has 0 saturated heterocycles. The molecule has 0 aliphatic heterocycles. The average molecular weight is 391 g/mol. The molecular weight excluding hydrogens is 384 g/mol. The molecule has 3 rings (SSSR count). The second-order valence-electron chi connectivity index (χ2n) is 3.74. The zero-order chi connectivity index (χ0) is 16.7. The third-order valence-electron chi connectivity index (χ3n) is 2.14. The van der Waals surface area contributed by atoms with E-state index in [0.29, 0.717) is 11.0 Å². The van der Waals surface area contributed by atoms with E-state index in [9.17, 15) is 0 Å². The largest absolute Gasteiger partial charge is 0.324 e. The van der Waals surface area contributed by atoms with Gasteiger partial charge in [-0.05, 0) is 53.0 Å². The lowest BCUT2D eigenvalue weighted by molar-refractivity contribution is 1.05. The molecular formula is C12H7Cl4N7. The van der Waals surface area contributed by atoms with Crippen molar-refractivity contribution >= 4 is 58.0 Å². The van der Waals surface area contributed by atoms with Crippen molar-refractivity contribution in [3.05, 3.63) is 57.8 Å². The third-order valence-corrected chi connectivity index (χ3v) is 2.92. The van der Waals surface area contributed by atoms with Crippen molar-refractivity contribution in [1.29, 1.82) is 0 Å². The van der Waals surface area contributed by atoms with Gasteiger partial charge < -0.3 is 5.32 Å². The van der Waals surface area contributed by atoms with Gasteiger partial charge in [-0.15, -0.1) is 0 Å². The van der Waals surface area contributed by atoms with Gasteiger partial charge in [0.15, 0.2) is 0 Å². The normalized spacial score (nSPS) is 9.74. The molecule has 2 heterocycles. The van der Waals surface area contributed by atoms with Crippen LogP contribution in [0.2, 0.25) is 20.9 Å². The van der Waals surface area contributed by atoms with Gasteiger partial charge in [-0.1, -0.05) is 17.7 Å². The van der Waals surface area contributed by atoms with Gasteiger partial charge in [0.25, 0.3) is 0 Å². The van der Waals surface area contributed by atoms with E-state index in [2.05, 4.69) is 35.2 Å². The summed E-state index contributed by atoms with van der Waals surface area (Å²) in [5.41, 5.74) is 0.796. The molecule has 0 bridgehead atoms. The van der Waals surface area contributed by atoms with Crippen LogP contribution in [0.25, 0.3) is 0 Å². The van der Waals surface area contributed by atoms with Crippen molar-refractivity contribution in [1.82, 2.24) is 29.9 Å². The van der Waals surface area contributed by atoms with E-state index in [1.165, 1.54) is 12.7 Å². The second kappa shape index (κ2) is 8.73. The zero-order valence-corrected chi connectivity index (χ0v) is 14.2. The van der Waals surface area contributed by atoms with Gasteiger partial charge in [-0.25, -0.2) is 19.9 Å². The minimum atomic E-state index is 0.116. The Balaban J connectivity index is 0.000000203. The summed E-state index contributed by atoms with van der Waals surface area (Å²) in [6.07, 6.45) is 2.58. The second-order valence-corrected chi connectivity index (χ2v) is 5.19. The first-order chi connectivity index (χ1) is 11.0. The van der Waals surface area contributed by atoms with Crippen LogP contribution in [-0.2, 0) is 0 Å². The van der Waals surface area contributed by atoms with Crippen LogP contribution >= 0.6 is 46.4 Å². The number of aromatic nitrogens is 6. The molecule has 1 aromatic carbocycles. The molecule has 0 atom stereocenters. The third kappa shape index (κ3) is 6.45. The molecule has 0 radical (unpaired) electrons. The van der Waals surface area contributed by atoms with E-state index in [4.69, 9.17) is 46.4 Å². The fraction of sp³-hybridized carbons (Fsp3) is 0. The molecule has 3 aromatic rings. The predicted octanol–water partition coefficient (Wildman–Crippen LogP) is 4.10. The van der Waals surface area contributed by atoms with Crippen molar-refractivity contribution in [2.75, 3.05) is 5.32 Å². The molecule has 2 aromatic heterocycles. The zero-order valence-electron chi connectivity index (χ0n) is 11.2. The lowest BCUT2D eigenvalue weighted by atomic mass is 10.3. The molecule has 0 saturated carbocycles. The number of nitrogens with zero attached hydrogens (tertiary/aromatic N) is 6. The van der Waals surface area contributed by atoms with E-state index < -0.39 is 0 Å². The van der Waals surface area contributed by atoms with Gasteiger partial charge in [-0.2, -0.15) is 9.97 Å². The fourth-order valence-corrected chi connectivity index (χ4v) is 1.89. The summed E-state index contributed by atoms with van der Waals surface area (Å²) in [6, 6.07) is 7.23. The van der Waals surface area contributed by atoms with E-state index in [-0.39, 0.29) is 15.9 Å². The summed E-state index contributed by atoms with van der Waals surface area (Å²) < 4.78 is 0. The Morgan fingerprint density at radius 3 is 1.87 bits per heavy atom. The Bertz CT molecular complexity index is 726. The Morgan fingerprint density at radius 2 is 1.35 bits per heavy atom. The topological polar surface area (TPSA) is 89.4 Å². The van der Waals surface area contributed by atoms with Crippen LogP contribution in [0.1, 0.15) is 0 Å². The highest BCUT2D eigenvalue weighted by Crippen LogP contribution is 2.17. The Morgan fingerprint density at radius 1 is 0.739 bits per heavy atom. The number of benzene rings is 1. The standard InChI is InChI=1S/C9H6Cl2N4.C3HCl2N3/c10-6-2-1-3-7(4-6)14-9-13-5-12-8(11)15-9;4-2-6-1-7-3(5)8-2/h1-5H,(H,12,13,14,15);1H. The van der Waals surface area contributed by atoms with Crippen molar-refractivity contribution in [2.45, 2.75) is 0 Å². The summed E-state index contributed by atoms with van der Waals surface area (Å²) >= 11 is 22.0. The van der Waals surface area contributed by atoms with Crippen LogP contribution in [0.5, 0.6) is 0 Å². The number of hydrogen-bond donors (Lipinski definition) is 1. The van der Waals surface area contributed by atoms with Gasteiger partial charge in [-0.3, -0.25) is 0 Å². The van der Waals surface area contributed by atoms with E-state index in [0.717, 1.165) is 5.69 Å². The summed E-state index contributed by atoms with van der Waals surface area (Å²) in [5.74, 6) is 0.386. The Hall–Kier alpha value is -1.80. The fourth-order valence-electron chi connectivity index (χ4n) is 1.29. The molecule has 0 aliphatic carbocycles. The molecule has 0 aliphatic rings. The average Bonchev–Trinajstić information content (AvgIpc) is 2.47. The number of halogens is 4. The molecule has 7 nitrogen and oxygen atoms in total. The number of hydrogen-bond acceptors (Lipinski definition) is 7. The highest BCUT2D eigenvalue weighted by Gasteiger charge is 1.99. The van der Waals surface area contributed by atoms with Crippen LogP contribution in [0.3, 0.4) is 0 Å². The summed E-state index contributed by atoms with van der Waals surface area (Å²) in [7, 11) is 0. The van der Waals surface area contributed by atoms with Crippen molar-refractivity contribution in [3.63, 3.8) is 0 Å². The SMILES string of the molecule is Clc1cccc(Nc2ncnc(Cl)n2)c1.Clc1ncnc(Cl)n1. The smallest absolute Gasteiger partial charge is 0.231 e. The van der Waals surface area contributed by atoms with Gasteiger partial charge in [0.1, 0.15) is 12.7 Å². The molecule has 0 amide bonds. The van der Waals surface area contributed by atoms with E-state index >= 15 is 0 Å². The number of anilines is 2. The first-order valence-electron chi connectivity index (χ1n) is 5.90. The molecule has 0 spiro atoms. The van der Waals surface area contributed by atoms with Gasteiger partial charge >= 0.3 is 0 Å². The highest BCUT2D eigenvalue weighted by atomic mass is 35.5. The van der Waals surface area contributed by atoms with Crippen LogP contribution < -0.4 is 5.32 Å². The van der Waals surface area contributed by atoms with E-state index in [1.54, 1.807) is 12.1 Å². The lowest BCUT2D eigenvalue weighted by Gasteiger charge is -2.03. The highest BCUT2D eigenvalue weighted by molar-refractivity contribution is 6.31. The summed E-state index contributed by atoms with van der Waals surface area (Å²) in [5, 5.41) is 3.97. The quantitative estimate of drug-likeness (QED) is 0.704. The van der Waals surface area contributed by atoms with Crippen LogP contribution in [-0.4, -0.2) is 29.9 Å². The van der Waals surface area contributed by atoms with Crippen LogP contribution in [0.4, 0.5) is 11.6 Å². The first-order valence-corrected chi connectivity index (χ1v) is 7.41. The van der Waals surface area contributed by atoms with Crippen molar-refractivity contribution in [2.24, 2.45) is 0 Å². The van der Waals surface area contributed by atoms with Crippen molar-refractivity contribution in [3.8, 4) is 0 Å². The van der Waals surface area contributed by atoms with Crippen LogP contribution in [0, 0.1) is 0 Å². The Kier molecular flexibility index (Phi) is 6.66.